The second-order valence-electron chi connectivity index (χ2n) is 10.5. The number of thiophene rings is 2. The summed E-state index contributed by atoms with van der Waals surface area (Å²) >= 11 is 15.9. The molecule has 0 unspecified atom stereocenters. The molecule has 8 heteroatoms. The Hall–Kier alpha value is -3.68. The highest BCUT2D eigenvalue weighted by molar-refractivity contribution is 7.22. The molecule has 0 spiro atoms. The molecule has 6 rings (SSSR count). The molecule has 0 bridgehead atoms. The minimum atomic E-state index is -0.223. The Morgan fingerprint density at radius 2 is 0.976 bits per heavy atom. The molecule has 0 aliphatic heterocycles. The van der Waals surface area contributed by atoms with Gasteiger partial charge in [0.15, 0.2) is 0 Å². The Balaban J connectivity index is 1.19. The van der Waals surface area contributed by atoms with Crippen molar-refractivity contribution in [1.29, 1.82) is 0 Å². The van der Waals surface area contributed by atoms with Crippen LogP contribution in [0.1, 0.15) is 41.6 Å². The Kier molecular flexibility index (Phi) is 7.58. The average Bonchev–Trinajstić information content (AvgIpc) is 3.46. The summed E-state index contributed by atoms with van der Waals surface area (Å²) in [5.41, 5.74) is 7.57. The van der Waals surface area contributed by atoms with E-state index in [-0.39, 0.29) is 11.8 Å². The van der Waals surface area contributed by atoms with E-state index in [0.717, 1.165) is 64.9 Å². The number of nitrogens with one attached hydrogen (secondary N) is 2. The Morgan fingerprint density at radius 1 is 0.571 bits per heavy atom. The van der Waals surface area contributed by atoms with Crippen molar-refractivity contribution in [2.45, 2.75) is 27.7 Å². The predicted molar refractivity (Wildman–Crippen MR) is 180 cm³/mol. The standard InChI is InChI=1S/C34H26Cl2N2O2S2/c1-17-5-9-23-27(13-17)41-31(29(23)35)33(39)37-25-11-7-21(15-19(25)3)22-8-12-26(20(4)16-22)38-34(40)32-30(36)24-10-6-18(2)14-28(24)42-32/h5-16H,1-4H3,(H,37,39)(H,38,40). The van der Waals surface area contributed by atoms with Gasteiger partial charge in [-0.15, -0.1) is 22.7 Å². The second kappa shape index (κ2) is 11.2. The number of carbonyl (C=O) groups is 2. The van der Waals surface area contributed by atoms with Gasteiger partial charge >= 0.3 is 0 Å². The van der Waals surface area contributed by atoms with E-state index in [1.54, 1.807) is 0 Å². The molecule has 2 aromatic heterocycles. The smallest absolute Gasteiger partial charge is 0.267 e. The van der Waals surface area contributed by atoms with Gasteiger partial charge in [0.25, 0.3) is 11.8 Å². The van der Waals surface area contributed by atoms with E-state index in [2.05, 4.69) is 10.6 Å². The first kappa shape index (κ1) is 28.4. The maximum absolute atomic E-state index is 13.1. The van der Waals surface area contributed by atoms with Crippen molar-refractivity contribution in [1.82, 2.24) is 0 Å². The molecule has 0 saturated heterocycles. The molecule has 42 heavy (non-hydrogen) atoms. The highest BCUT2D eigenvalue weighted by Crippen LogP contribution is 2.38. The normalized spacial score (nSPS) is 11.3. The summed E-state index contributed by atoms with van der Waals surface area (Å²) in [5.74, 6) is -0.445. The summed E-state index contributed by atoms with van der Waals surface area (Å²) < 4.78 is 1.99. The van der Waals surface area contributed by atoms with Crippen molar-refractivity contribution in [3.63, 3.8) is 0 Å². The molecule has 0 fully saturated rings. The van der Waals surface area contributed by atoms with Crippen molar-refractivity contribution in [3.05, 3.63) is 115 Å². The van der Waals surface area contributed by atoms with Crippen LogP contribution in [0.2, 0.25) is 10.0 Å². The van der Waals surface area contributed by atoms with Crippen molar-refractivity contribution < 1.29 is 9.59 Å². The number of benzene rings is 4. The van der Waals surface area contributed by atoms with Gasteiger partial charge in [0.2, 0.25) is 0 Å². The van der Waals surface area contributed by atoms with Gasteiger partial charge in [0.05, 0.1) is 10.0 Å². The zero-order chi connectivity index (χ0) is 29.7. The van der Waals surface area contributed by atoms with Crippen LogP contribution in [-0.2, 0) is 0 Å². The number of hydrogen-bond donors (Lipinski definition) is 2. The number of anilines is 2. The van der Waals surface area contributed by atoms with E-state index < -0.39 is 0 Å². The highest BCUT2D eigenvalue weighted by Gasteiger charge is 2.20. The fourth-order valence-electron chi connectivity index (χ4n) is 4.96. The van der Waals surface area contributed by atoms with Gasteiger partial charge in [0, 0.05) is 31.5 Å². The SMILES string of the molecule is Cc1ccc2c(Cl)c(C(=O)Nc3ccc(-c4ccc(NC(=O)c5sc6cc(C)ccc6c5Cl)c(C)c4)cc3C)sc2c1. The van der Waals surface area contributed by atoms with E-state index in [1.807, 2.05) is 100 Å². The molecule has 0 aliphatic rings. The summed E-state index contributed by atoms with van der Waals surface area (Å²) in [6.45, 7) is 7.97. The average molecular weight is 630 g/mol. The van der Waals surface area contributed by atoms with Crippen LogP contribution in [0.15, 0.2) is 72.8 Å². The first-order chi connectivity index (χ1) is 20.1. The number of rotatable bonds is 5. The van der Waals surface area contributed by atoms with Crippen molar-refractivity contribution in [2.75, 3.05) is 10.6 Å². The fourth-order valence-corrected chi connectivity index (χ4v) is 7.98. The number of aryl methyl sites for hydroxylation is 4. The third-order valence-corrected chi connectivity index (χ3v) is 10.6. The van der Waals surface area contributed by atoms with Gasteiger partial charge in [-0.2, -0.15) is 0 Å². The van der Waals surface area contributed by atoms with Crippen LogP contribution in [0.4, 0.5) is 11.4 Å². The van der Waals surface area contributed by atoms with Crippen LogP contribution in [-0.4, -0.2) is 11.8 Å². The molecule has 0 radical (unpaired) electrons. The number of carbonyl (C=O) groups excluding carboxylic acids is 2. The van der Waals surface area contributed by atoms with Crippen LogP contribution < -0.4 is 10.6 Å². The van der Waals surface area contributed by atoms with E-state index in [1.165, 1.54) is 22.7 Å². The lowest BCUT2D eigenvalue weighted by Crippen LogP contribution is -2.12. The summed E-state index contributed by atoms with van der Waals surface area (Å²) in [6, 6.07) is 23.8. The molecule has 4 aromatic carbocycles. The number of amides is 2. The minimum Gasteiger partial charge on any atom is -0.321 e. The molecule has 210 valence electrons. The lowest BCUT2D eigenvalue weighted by atomic mass is 10.00. The summed E-state index contributed by atoms with van der Waals surface area (Å²) in [6.07, 6.45) is 0. The van der Waals surface area contributed by atoms with Crippen LogP contribution in [0.3, 0.4) is 0 Å². The first-order valence-electron chi connectivity index (χ1n) is 13.3. The van der Waals surface area contributed by atoms with Crippen LogP contribution in [0.25, 0.3) is 31.3 Å². The van der Waals surface area contributed by atoms with Crippen molar-refractivity contribution in [2.24, 2.45) is 0 Å². The topological polar surface area (TPSA) is 58.2 Å². The van der Waals surface area contributed by atoms with E-state index >= 15 is 0 Å². The van der Waals surface area contributed by atoms with Gasteiger partial charge in [-0.05, 0) is 97.5 Å². The number of fused-ring (bicyclic) bond motifs is 2. The van der Waals surface area contributed by atoms with Gasteiger partial charge in [-0.1, -0.05) is 59.6 Å². The van der Waals surface area contributed by atoms with Gasteiger partial charge in [-0.3, -0.25) is 9.59 Å². The van der Waals surface area contributed by atoms with Crippen LogP contribution in [0, 0.1) is 27.7 Å². The maximum atomic E-state index is 13.1. The lowest BCUT2D eigenvalue weighted by Gasteiger charge is -2.13. The molecule has 6 aromatic rings. The third kappa shape index (κ3) is 5.32. The first-order valence-corrected chi connectivity index (χ1v) is 15.7. The summed E-state index contributed by atoms with van der Waals surface area (Å²) in [5, 5.41) is 8.79. The monoisotopic (exact) mass is 628 g/mol. The summed E-state index contributed by atoms with van der Waals surface area (Å²) in [7, 11) is 0. The van der Waals surface area contributed by atoms with Gasteiger partial charge in [0.1, 0.15) is 9.75 Å². The molecular formula is C34H26Cl2N2O2S2. The predicted octanol–water partition coefficient (Wildman–Crippen LogP) is 10.8. The molecular weight excluding hydrogens is 603 g/mol. The quantitative estimate of drug-likeness (QED) is 0.199. The molecule has 2 amide bonds. The molecule has 2 N–H and O–H groups in total. The van der Waals surface area contributed by atoms with E-state index in [0.29, 0.717) is 19.8 Å². The van der Waals surface area contributed by atoms with Gasteiger partial charge in [-0.25, -0.2) is 0 Å². The van der Waals surface area contributed by atoms with Crippen LogP contribution >= 0.6 is 45.9 Å². The number of halogens is 2. The maximum Gasteiger partial charge on any atom is 0.267 e. The third-order valence-electron chi connectivity index (χ3n) is 7.26. The Bertz CT molecular complexity index is 1910. The number of hydrogen-bond acceptors (Lipinski definition) is 4. The minimum absolute atomic E-state index is 0.223. The summed E-state index contributed by atoms with van der Waals surface area (Å²) in [4.78, 5) is 27.3. The Morgan fingerprint density at radius 3 is 1.36 bits per heavy atom. The largest absolute Gasteiger partial charge is 0.321 e. The second-order valence-corrected chi connectivity index (χ2v) is 13.3. The molecule has 0 saturated carbocycles. The van der Waals surface area contributed by atoms with E-state index in [4.69, 9.17) is 23.2 Å². The fraction of sp³-hybridized carbons (Fsp3) is 0.118. The van der Waals surface area contributed by atoms with Crippen LogP contribution in [0.5, 0.6) is 0 Å². The Labute approximate surface area is 261 Å². The van der Waals surface area contributed by atoms with E-state index in [9.17, 15) is 9.59 Å². The molecule has 2 heterocycles. The highest BCUT2D eigenvalue weighted by atomic mass is 35.5. The van der Waals surface area contributed by atoms with Crippen molar-refractivity contribution >= 4 is 89.2 Å². The molecule has 0 aliphatic carbocycles. The zero-order valence-electron chi connectivity index (χ0n) is 23.3. The van der Waals surface area contributed by atoms with Gasteiger partial charge < -0.3 is 10.6 Å². The lowest BCUT2D eigenvalue weighted by molar-refractivity contribution is 0.102. The molecule has 0 atom stereocenters. The van der Waals surface area contributed by atoms with Crippen molar-refractivity contribution in [3.8, 4) is 11.1 Å². The zero-order valence-corrected chi connectivity index (χ0v) is 26.5. The molecule has 4 nitrogen and oxygen atoms in total.